The van der Waals surface area contributed by atoms with E-state index < -0.39 is 0 Å². The van der Waals surface area contributed by atoms with Gasteiger partial charge in [-0.25, -0.2) is 9.37 Å². The number of morpholine rings is 1. The van der Waals surface area contributed by atoms with Crippen molar-refractivity contribution < 1.29 is 13.9 Å². The highest BCUT2D eigenvalue weighted by Crippen LogP contribution is 2.24. The maximum atomic E-state index is 13.3. The molecule has 4 heterocycles. The van der Waals surface area contributed by atoms with Crippen LogP contribution in [0.1, 0.15) is 28.7 Å². The first-order chi connectivity index (χ1) is 19.6. The molecule has 40 heavy (non-hydrogen) atoms. The molecule has 4 aromatic rings. The van der Waals surface area contributed by atoms with Gasteiger partial charge in [-0.1, -0.05) is 19.1 Å². The number of anilines is 3. The molecule has 8 nitrogen and oxygen atoms in total. The van der Waals surface area contributed by atoms with Crippen molar-refractivity contribution in [3.63, 3.8) is 0 Å². The van der Waals surface area contributed by atoms with Crippen LogP contribution in [0.5, 0.6) is 0 Å². The number of ether oxygens (including phenoxy) is 1. The number of rotatable bonds is 7. The molecule has 6 rings (SSSR count). The van der Waals surface area contributed by atoms with Gasteiger partial charge in [0.15, 0.2) is 0 Å². The van der Waals surface area contributed by atoms with E-state index in [1.54, 1.807) is 0 Å². The predicted octanol–water partition coefficient (Wildman–Crippen LogP) is 4.13. The lowest BCUT2D eigenvalue weighted by atomic mass is 10.1. The number of hydrogen-bond acceptors (Lipinski definition) is 6. The normalized spacial score (nSPS) is 16.0. The van der Waals surface area contributed by atoms with Crippen LogP contribution in [0.3, 0.4) is 0 Å². The van der Waals surface area contributed by atoms with E-state index in [0.717, 1.165) is 80.8 Å². The van der Waals surface area contributed by atoms with E-state index in [0.29, 0.717) is 18.7 Å². The summed E-state index contributed by atoms with van der Waals surface area (Å²) in [6, 6.07) is 19.2. The third-order valence-electron chi connectivity index (χ3n) is 7.83. The number of benzene rings is 2. The average molecular weight is 543 g/mol. The highest BCUT2D eigenvalue weighted by molar-refractivity contribution is 5.94. The van der Waals surface area contributed by atoms with Gasteiger partial charge < -0.3 is 24.8 Å². The zero-order valence-corrected chi connectivity index (χ0v) is 22.9. The van der Waals surface area contributed by atoms with Crippen molar-refractivity contribution in [2.75, 3.05) is 67.2 Å². The Balaban J connectivity index is 1.11. The van der Waals surface area contributed by atoms with Crippen LogP contribution in [0.2, 0.25) is 0 Å². The molecule has 2 fully saturated rings. The first-order valence-electron chi connectivity index (χ1n) is 14.1. The molecule has 0 bridgehead atoms. The molecule has 0 aliphatic carbocycles. The van der Waals surface area contributed by atoms with Gasteiger partial charge in [0, 0.05) is 75.1 Å². The van der Waals surface area contributed by atoms with E-state index in [1.807, 2.05) is 29.7 Å². The molecule has 1 amide bonds. The van der Waals surface area contributed by atoms with Gasteiger partial charge in [-0.2, -0.15) is 0 Å². The summed E-state index contributed by atoms with van der Waals surface area (Å²) in [5, 5.41) is 3.10. The summed E-state index contributed by atoms with van der Waals surface area (Å²) in [6.07, 6.45) is 2.62. The quantitative estimate of drug-likeness (QED) is 0.379. The van der Waals surface area contributed by atoms with Crippen molar-refractivity contribution in [1.29, 1.82) is 0 Å². The summed E-state index contributed by atoms with van der Waals surface area (Å²) in [5.41, 5.74) is 6.52. The lowest BCUT2D eigenvalue weighted by Crippen LogP contribution is -2.46. The molecule has 2 aromatic carbocycles. The number of aromatic nitrogens is 2. The first-order valence-corrected chi connectivity index (χ1v) is 14.1. The zero-order chi connectivity index (χ0) is 27.5. The SMILES string of the molecule is CCc1nc2cc(N3CCN(c4ccc(F)cc4)CC3)ccn2c1C(=O)NCc1ccc(N2CCOCC2)cc1. The average Bonchev–Trinajstić information content (AvgIpc) is 3.39. The Morgan fingerprint density at radius 1 is 0.850 bits per heavy atom. The molecule has 0 atom stereocenters. The monoisotopic (exact) mass is 542 g/mol. The molecule has 0 unspecified atom stereocenters. The highest BCUT2D eigenvalue weighted by Gasteiger charge is 2.21. The van der Waals surface area contributed by atoms with Crippen LogP contribution in [-0.4, -0.2) is 67.8 Å². The number of pyridine rings is 1. The molecule has 0 spiro atoms. The topological polar surface area (TPSA) is 65.4 Å². The minimum Gasteiger partial charge on any atom is -0.378 e. The number of halogens is 1. The number of imidazole rings is 1. The second-order valence-corrected chi connectivity index (χ2v) is 10.3. The number of carbonyl (C=O) groups excluding carboxylic acids is 1. The summed E-state index contributed by atoms with van der Waals surface area (Å²) in [4.78, 5) is 25.1. The van der Waals surface area contributed by atoms with E-state index in [1.165, 1.54) is 17.8 Å². The molecule has 1 N–H and O–H groups in total. The Kier molecular flexibility index (Phi) is 7.55. The van der Waals surface area contributed by atoms with E-state index >= 15 is 0 Å². The Hall–Kier alpha value is -4.11. The van der Waals surface area contributed by atoms with Crippen LogP contribution in [-0.2, 0) is 17.7 Å². The minimum absolute atomic E-state index is 0.123. The Morgan fingerprint density at radius 2 is 1.45 bits per heavy atom. The number of piperazine rings is 1. The van der Waals surface area contributed by atoms with E-state index in [-0.39, 0.29) is 11.7 Å². The van der Waals surface area contributed by atoms with Crippen LogP contribution in [0.4, 0.5) is 21.5 Å². The number of aryl methyl sites for hydroxylation is 1. The van der Waals surface area contributed by atoms with E-state index in [4.69, 9.17) is 9.72 Å². The van der Waals surface area contributed by atoms with Gasteiger partial charge >= 0.3 is 0 Å². The van der Waals surface area contributed by atoms with Crippen molar-refractivity contribution >= 4 is 28.6 Å². The van der Waals surface area contributed by atoms with Gasteiger partial charge in [-0.15, -0.1) is 0 Å². The largest absolute Gasteiger partial charge is 0.378 e. The Morgan fingerprint density at radius 3 is 2.10 bits per heavy atom. The summed E-state index contributed by atoms with van der Waals surface area (Å²) < 4.78 is 20.6. The molecule has 0 radical (unpaired) electrons. The maximum Gasteiger partial charge on any atom is 0.270 e. The fourth-order valence-electron chi connectivity index (χ4n) is 5.55. The van der Waals surface area contributed by atoms with Crippen LogP contribution >= 0.6 is 0 Å². The molecular formula is C31H35FN6O2. The van der Waals surface area contributed by atoms with Gasteiger partial charge in [0.05, 0.1) is 18.9 Å². The lowest BCUT2D eigenvalue weighted by Gasteiger charge is -2.37. The summed E-state index contributed by atoms with van der Waals surface area (Å²) in [5.74, 6) is -0.338. The standard InChI is InChI=1S/C31H35FN6O2/c1-2-28-30(31(39)33-22-23-3-7-25(8-4-23)37-17-19-40-20-18-37)38-12-11-27(21-29(38)34-28)36-15-13-35(14-16-36)26-9-5-24(32)6-10-26/h3-12,21H,2,13-20,22H2,1H3,(H,33,39). The third-order valence-corrected chi connectivity index (χ3v) is 7.83. The summed E-state index contributed by atoms with van der Waals surface area (Å²) >= 11 is 0. The summed E-state index contributed by atoms with van der Waals surface area (Å²) in [6.45, 7) is 9.21. The van der Waals surface area contributed by atoms with Gasteiger partial charge in [0.2, 0.25) is 0 Å². The molecule has 2 aromatic heterocycles. The Bertz CT molecular complexity index is 1460. The second kappa shape index (κ2) is 11.6. The maximum absolute atomic E-state index is 13.3. The van der Waals surface area contributed by atoms with Gasteiger partial charge in [-0.3, -0.25) is 9.20 Å². The number of hydrogen-bond donors (Lipinski definition) is 1. The van der Waals surface area contributed by atoms with Gasteiger partial charge in [-0.05, 0) is 54.4 Å². The predicted molar refractivity (Wildman–Crippen MR) is 156 cm³/mol. The van der Waals surface area contributed by atoms with Gasteiger partial charge in [0.25, 0.3) is 5.91 Å². The van der Waals surface area contributed by atoms with Gasteiger partial charge in [0.1, 0.15) is 17.2 Å². The van der Waals surface area contributed by atoms with Crippen molar-refractivity contribution in [3.8, 4) is 0 Å². The van der Waals surface area contributed by atoms with Crippen molar-refractivity contribution in [2.45, 2.75) is 19.9 Å². The van der Waals surface area contributed by atoms with Crippen molar-refractivity contribution in [1.82, 2.24) is 14.7 Å². The molecular weight excluding hydrogens is 507 g/mol. The molecule has 9 heteroatoms. The van der Waals surface area contributed by atoms with Crippen LogP contribution in [0, 0.1) is 5.82 Å². The van der Waals surface area contributed by atoms with Crippen LogP contribution in [0.15, 0.2) is 66.9 Å². The molecule has 2 aliphatic heterocycles. The van der Waals surface area contributed by atoms with Crippen molar-refractivity contribution in [2.24, 2.45) is 0 Å². The first kappa shape index (κ1) is 26.1. The van der Waals surface area contributed by atoms with Crippen LogP contribution in [0.25, 0.3) is 5.65 Å². The number of fused-ring (bicyclic) bond motifs is 1. The fourth-order valence-corrected chi connectivity index (χ4v) is 5.55. The molecule has 2 saturated heterocycles. The fraction of sp³-hybridized carbons (Fsp3) is 0.355. The molecule has 208 valence electrons. The van der Waals surface area contributed by atoms with E-state index in [2.05, 4.69) is 56.4 Å². The number of carbonyl (C=O) groups is 1. The minimum atomic E-state index is -0.215. The second-order valence-electron chi connectivity index (χ2n) is 10.3. The highest BCUT2D eigenvalue weighted by atomic mass is 19.1. The van der Waals surface area contributed by atoms with E-state index in [9.17, 15) is 9.18 Å². The molecule has 2 aliphatic rings. The number of amides is 1. The molecule has 0 saturated carbocycles. The number of nitrogens with one attached hydrogen (secondary N) is 1. The Labute approximate surface area is 234 Å². The smallest absolute Gasteiger partial charge is 0.270 e. The number of nitrogens with zero attached hydrogens (tertiary/aromatic N) is 5. The van der Waals surface area contributed by atoms with Crippen LogP contribution < -0.4 is 20.0 Å². The van der Waals surface area contributed by atoms with Crippen molar-refractivity contribution in [3.05, 3.63) is 89.6 Å². The zero-order valence-electron chi connectivity index (χ0n) is 22.9. The lowest BCUT2D eigenvalue weighted by molar-refractivity contribution is 0.0944. The third kappa shape index (κ3) is 5.47. The summed E-state index contributed by atoms with van der Waals surface area (Å²) in [7, 11) is 0.